The maximum absolute atomic E-state index is 10.8. The molecule has 3 rings (SSSR count). The van der Waals surface area contributed by atoms with Crippen LogP contribution in [0.1, 0.15) is 48.9 Å². The third-order valence-corrected chi connectivity index (χ3v) is 5.16. The maximum Gasteiger partial charge on any atom is 0.147 e. The molecule has 1 aliphatic heterocycles. The van der Waals surface area contributed by atoms with Gasteiger partial charge in [0.2, 0.25) is 0 Å². The van der Waals surface area contributed by atoms with E-state index < -0.39 is 5.60 Å². The molecule has 4 nitrogen and oxygen atoms in total. The first kappa shape index (κ1) is 14.3. The predicted octanol–water partition coefficient (Wildman–Crippen LogP) is 2.70. The molecule has 1 saturated heterocycles. The van der Waals surface area contributed by atoms with E-state index in [2.05, 4.69) is 16.0 Å². The second kappa shape index (κ2) is 5.31. The molecule has 112 valence electrons. The number of aliphatic hydroxyl groups is 1. The Balaban J connectivity index is 1.91. The summed E-state index contributed by atoms with van der Waals surface area (Å²) in [6.07, 6.45) is 5.14. The third kappa shape index (κ3) is 2.51. The molecule has 2 unspecified atom stereocenters. The van der Waals surface area contributed by atoms with Crippen LogP contribution in [0.15, 0.2) is 6.07 Å². The summed E-state index contributed by atoms with van der Waals surface area (Å²) in [5, 5.41) is 20.2. The van der Waals surface area contributed by atoms with Gasteiger partial charge in [0.05, 0.1) is 11.2 Å². The fraction of sp³-hybridized carbons (Fsp3) is 0.647. The number of rotatable bonds is 1. The van der Waals surface area contributed by atoms with Crippen LogP contribution >= 0.6 is 0 Å². The van der Waals surface area contributed by atoms with Crippen molar-refractivity contribution >= 4 is 5.82 Å². The lowest BCUT2D eigenvalue weighted by Gasteiger charge is -2.48. The number of pyridine rings is 1. The van der Waals surface area contributed by atoms with Gasteiger partial charge in [-0.15, -0.1) is 0 Å². The highest BCUT2D eigenvalue weighted by Gasteiger charge is 2.43. The van der Waals surface area contributed by atoms with E-state index in [4.69, 9.17) is 0 Å². The van der Waals surface area contributed by atoms with Crippen LogP contribution < -0.4 is 4.90 Å². The lowest BCUT2D eigenvalue weighted by atomic mass is 9.71. The smallest absolute Gasteiger partial charge is 0.147 e. The minimum atomic E-state index is -0.486. The lowest BCUT2D eigenvalue weighted by molar-refractivity contribution is -0.0613. The number of aromatic nitrogens is 1. The average Bonchev–Trinajstić information content (AvgIpc) is 2.45. The monoisotopic (exact) mass is 285 g/mol. The standard InChI is InChI=1S/C17H23N3O/c1-12-9-13(2)19-16(15(12)10-18)20-8-7-17(21)6-4-3-5-14(17)11-20/h9,14,21H,3-8,11H2,1-2H3. The number of aryl methyl sites for hydroxylation is 2. The van der Waals surface area contributed by atoms with Gasteiger partial charge in [-0.25, -0.2) is 4.98 Å². The number of hydrogen-bond acceptors (Lipinski definition) is 4. The molecular formula is C17H23N3O. The van der Waals surface area contributed by atoms with Crippen LogP contribution in [0.4, 0.5) is 5.82 Å². The average molecular weight is 285 g/mol. The number of fused-ring (bicyclic) bond motifs is 1. The molecule has 0 spiro atoms. The Bertz CT molecular complexity index is 592. The topological polar surface area (TPSA) is 60.2 Å². The van der Waals surface area contributed by atoms with Crippen molar-refractivity contribution in [2.24, 2.45) is 5.92 Å². The molecular weight excluding hydrogens is 262 g/mol. The maximum atomic E-state index is 10.8. The Morgan fingerprint density at radius 1 is 1.38 bits per heavy atom. The van der Waals surface area contributed by atoms with Crippen LogP contribution in [0, 0.1) is 31.1 Å². The zero-order valence-electron chi connectivity index (χ0n) is 12.9. The fourth-order valence-electron chi connectivity index (χ4n) is 3.95. The van der Waals surface area contributed by atoms with Gasteiger partial charge in [0.25, 0.3) is 0 Å². The molecule has 1 N–H and O–H groups in total. The summed E-state index contributed by atoms with van der Waals surface area (Å²) in [6.45, 7) is 5.55. The van der Waals surface area contributed by atoms with Gasteiger partial charge in [0.1, 0.15) is 11.9 Å². The third-order valence-electron chi connectivity index (χ3n) is 5.16. The fourth-order valence-corrected chi connectivity index (χ4v) is 3.95. The van der Waals surface area contributed by atoms with Crippen LogP contribution in [-0.4, -0.2) is 28.8 Å². The molecule has 2 heterocycles. The Labute approximate surface area is 126 Å². The van der Waals surface area contributed by atoms with Crippen molar-refractivity contribution in [1.82, 2.24) is 4.98 Å². The molecule has 1 aromatic heterocycles. The van der Waals surface area contributed by atoms with E-state index in [0.717, 1.165) is 55.8 Å². The molecule has 2 atom stereocenters. The van der Waals surface area contributed by atoms with Crippen molar-refractivity contribution in [3.05, 3.63) is 22.9 Å². The Kier molecular flexibility index (Phi) is 3.62. The molecule has 1 aromatic rings. The van der Waals surface area contributed by atoms with Gasteiger partial charge in [-0.3, -0.25) is 0 Å². The van der Waals surface area contributed by atoms with E-state index >= 15 is 0 Å². The highest BCUT2D eigenvalue weighted by molar-refractivity contribution is 5.58. The van der Waals surface area contributed by atoms with Gasteiger partial charge in [-0.2, -0.15) is 5.26 Å². The number of anilines is 1. The van der Waals surface area contributed by atoms with Crippen molar-refractivity contribution in [2.75, 3.05) is 18.0 Å². The molecule has 0 bridgehead atoms. The van der Waals surface area contributed by atoms with E-state index in [1.165, 1.54) is 6.42 Å². The zero-order valence-corrected chi connectivity index (χ0v) is 12.9. The highest BCUT2D eigenvalue weighted by atomic mass is 16.3. The Morgan fingerprint density at radius 3 is 2.95 bits per heavy atom. The van der Waals surface area contributed by atoms with E-state index in [9.17, 15) is 10.4 Å². The molecule has 1 aliphatic carbocycles. The van der Waals surface area contributed by atoms with Crippen LogP contribution in [0.25, 0.3) is 0 Å². The summed E-state index contributed by atoms with van der Waals surface area (Å²) in [4.78, 5) is 6.82. The lowest BCUT2D eigenvalue weighted by Crippen LogP contribution is -2.53. The quantitative estimate of drug-likeness (QED) is 0.862. The zero-order chi connectivity index (χ0) is 15.0. The van der Waals surface area contributed by atoms with Crippen molar-refractivity contribution in [3.8, 4) is 6.07 Å². The molecule has 2 aliphatic rings. The highest BCUT2D eigenvalue weighted by Crippen LogP contribution is 2.41. The molecule has 4 heteroatoms. The first-order valence-corrected chi connectivity index (χ1v) is 7.89. The molecule has 2 fully saturated rings. The number of nitrogens with zero attached hydrogens (tertiary/aromatic N) is 3. The first-order valence-electron chi connectivity index (χ1n) is 7.89. The Morgan fingerprint density at radius 2 is 2.19 bits per heavy atom. The second-order valence-electron chi connectivity index (χ2n) is 6.63. The van der Waals surface area contributed by atoms with Gasteiger partial charge in [0, 0.05) is 24.7 Å². The van der Waals surface area contributed by atoms with Crippen LogP contribution in [0.5, 0.6) is 0 Å². The van der Waals surface area contributed by atoms with Crippen LogP contribution in [0.3, 0.4) is 0 Å². The molecule has 21 heavy (non-hydrogen) atoms. The van der Waals surface area contributed by atoms with E-state index in [1.54, 1.807) is 0 Å². The van der Waals surface area contributed by atoms with E-state index in [0.29, 0.717) is 11.5 Å². The van der Waals surface area contributed by atoms with E-state index in [-0.39, 0.29) is 0 Å². The molecule has 0 amide bonds. The van der Waals surface area contributed by atoms with Gasteiger partial charge in [-0.05, 0) is 44.7 Å². The Hall–Kier alpha value is -1.60. The van der Waals surface area contributed by atoms with Crippen molar-refractivity contribution < 1.29 is 5.11 Å². The summed E-state index contributed by atoms with van der Waals surface area (Å²) in [5.41, 5.74) is 2.14. The van der Waals surface area contributed by atoms with Crippen molar-refractivity contribution in [1.29, 1.82) is 5.26 Å². The van der Waals surface area contributed by atoms with Gasteiger partial charge in [-0.1, -0.05) is 12.8 Å². The summed E-state index contributed by atoms with van der Waals surface area (Å²) >= 11 is 0. The number of nitriles is 1. The van der Waals surface area contributed by atoms with Crippen LogP contribution in [0.2, 0.25) is 0 Å². The predicted molar refractivity (Wildman–Crippen MR) is 82.2 cm³/mol. The van der Waals surface area contributed by atoms with Gasteiger partial charge >= 0.3 is 0 Å². The minimum Gasteiger partial charge on any atom is -0.389 e. The van der Waals surface area contributed by atoms with Gasteiger partial charge in [0.15, 0.2) is 0 Å². The normalized spacial score (nSPS) is 28.9. The van der Waals surface area contributed by atoms with E-state index in [1.807, 2.05) is 19.9 Å². The van der Waals surface area contributed by atoms with Crippen LogP contribution in [-0.2, 0) is 0 Å². The second-order valence-corrected chi connectivity index (χ2v) is 6.63. The molecule has 0 aromatic carbocycles. The number of piperidine rings is 1. The molecule has 0 radical (unpaired) electrons. The summed E-state index contributed by atoms with van der Waals surface area (Å²) in [5.74, 6) is 1.12. The van der Waals surface area contributed by atoms with Crippen molar-refractivity contribution in [2.45, 2.75) is 51.6 Å². The summed E-state index contributed by atoms with van der Waals surface area (Å²) in [7, 11) is 0. The van der Waals surface area contributed by atoms with Gasteiger partial charge < -0.3 is 10.0 Å². The minimum absolute atomic E-state index is 0.314. The largest absolute Gasteiger partial charge is 0.389 e. The van der Waals surface area contributed by atoms with Crippen molar-refractivity contribution in [3.63, 3.8) is 0 Å². The summed E-state index contributed by atoms with van der Waals surface area (Å²) < 4.78 is 0. The summed E-state index contributed by atoms with van der Waals surface area (Å²) in [6, 6.07) is 4.26. The number of hydrogen-bond donors (Lipinski definition) is 1. The SMILES string of the molecule is Cc1cc(C)c(C#N)c(N2CCC3(O)CCCCC3C2)n1. The molecule has 1 saturated carbocycles. The first-order chi connectivity index (χ1) is 10.0.